The molecule has 7 nitrogen and oxygen atoms in total. The van der Waals surface area contributed by atoms with Gasteiger partial charge in [0.15, 0.2) is 5.65 Å². The molecule has 0 aliphatic carbocycles. The van der Waals surface area contributed by atoms with Gasteiger partial charge in [-0.15, -0.1) is 0 Å². The smallest absolute Gasteiger partial charge is 0.317 e. The van der Waals surface area contributed by atoms with Gasteiger partial charge in [0, 0.05) is 44.6 Å². The number of hydrogen-bond donors (Lipinski definition) is 1. The maximum absolute atomic E-state index is 12.4. The summed E-state index contributed by atoms with van der Waals surface area (Å²) in [6, 6.07) is 10.5. The van der Waals surface area contributed by atoms with Gasteiger partial charge < -0.3 is 10.2 Å². The molecule has 164 valence electrons. The zero-order valence-corrected chi connectivity index (χ0v) is 18.9. The van der Waals surface area contributed by atoms with E-state index < -0.39 is 0 Å². The molecule has 1 aliphatic heterocycles. The number of rotatable bonds is 5. The summed E-state index contributed by atoms with van der Waals surface area (Å²) in [6.45, 7) is 13.0. The van der Waals surface area contributed by atoms with E-state index in [0.29, 0.717) is 12.5 Å². The Morgan fingerprint density at radius 3 is 2.48 bits per heavy atom. The second-order valence-electron chi connectivity index (χ2n) is 8.90. The van der Waals surface area contributed by atoms with Crippen LogP contribution >= 0.6 is 0 Å². The van der Waals surface area contributed by atoms with Crippen molar-refractivity contribution in [1.82, 2.24) is 29.7 Å². The number of imidazole rings is 1. The minimum Gasteiger partial charge on any atom is -0.338 e. The molecular formula is C24H32N6O. The molecule has 0 unspecified atom stereocenters. The van der Waals surface area contributed by atoms with Crippen LogP contribution in [0.4, 0.5) is 4.79 Å². The average molecular weight is 421 g/mol. The number of nitrogens with one attached hydrogen (secondary N) is 1. The maximum Gasteiger partial charge on any atom is 0.317 e. The van der Waals surface area contributed by atoms with Crippen LogP contribution < -0.4 is 5.32 Å². The van der Waals surface area contributed by atoms with Crippen molar-refractivity contribution < 1.29 is 4.79 Å². The lowest BCUT2D eigenvalue weighted by Gasteiger charge is -2.34. The summed E-state index contributed by atoms with van der Waals surface area (Å²) in [6.07, 6.45) is 1.82. The van der Waals surface area contributed by atoms with E-state index in [4.69, 9.17) is 4.98 Å². The molecule has 3 heterocycles. The second-order valence-corrected chi connectivity index (χ2v) is 8.90. The van der Waals surface area contributed by atoms with Crippen LogP contribution in [0, 0.1) is 19.8 Å². The molecular weight excluding hydrogens is 388 g/mol. The molecule has 0 spiro atoms. The SMILES string of the molecule is Cc1cc(C)cc(-n2c(CN3CCN(C(=O)NCC(C)C)CC3)nc3cccnc32)c1. The number of carbonyl (C=O) groups is 1. The molecule has 1 saturated heterocycles. The summed E-state index contributed by atoms with van der Waals surface area (Å²) >= 11 is 0. The van der Waals surface area contributed by atoms with E-state index in [9.17, 15) is 4.79 Å². The van der Waals surface area contributed by atoms with Crippen LogP contribution in [0.5, 0.6) is 0 Å². The van der Waals surface area contributed by atoms with Gasteiger partial charge in [0.05, 0.1) is 6.54 Å². The number of carbonyl (C=O) groups excluding carboxylic acids is 1. The molecule has 7 heteroatoms. The van der Waals surface area contributed by atoms with Gasteiger partial charge in [-0.05, 0) is 55.2 Å². The predicted molar refractivity (Wildman–Crippen MR) is 123 cm³/mol. The van der Waals surface area contributed by atoms with Crippen molar-refractivity contribution >= 4 is 17.2 Å². The largest absolute Gasteiger partial charge is 0.338 e. The molecule has 1 fully saturated rings. The van der Waals surface area contributed by atoms with Gasteiger partial charge in [0.1, 0.15) is 11.3 Å². The molecule has 1 aliphatic rings. The molecule has 0 saturated carbocycles. The first-order valence-electron chi connectivity index (χ1n) is 11.1. The molecule has 1 aromatic carbocycles. The number of aromatic nitrogens is 3. The fourth-order valence-corrected chi connectivity index (χ4v) is 4.13. The molecule has 1 N–H and O–H groups in total. The minimum atomic E-state index is 0.0417. The Morgan fingerprint density at radius 1 is 1.10 bits per heavy atom. The van der Waals surface area contributed by atoms with Gasteiger partial charge in [-0.2, -0.15) is 0 Å². The van der Waals surface area contributed by atoms with Crippen LogP contribution in [0.15, 0.2) is 36.5 Å². The van der Waals surface area contributed by atoms with E-state index in [2.05, 4.69) is 65.7 Å². The van der Waals surface area contributed by atoms with E-state index in [1.165, 1.54) is 11.1 Å². The summed E-state index contributed by atoms with van der Waals surface area (Å²) in [5.74, 6) is 1.44. The van der Waals surface area contributed by atoms with Crippen molar-refractivity contribution in [3.05, 3.63) is 53.5 Å². The Morgan fingerprint density at radius 2 is 1.81 bits per heavy atom. The summed E-state index contributed by atoms with van der Waals surface area (Å²) in [7, 11) is 0. The van der Waals surface area contributed by atoms with E-state index in [1.807, 2.05) is 23.2 Å². The highest BCUT2D eigenvalue weighted by Crippen LogP contribution is 2.23. The summed E-state index contributed by atoms with van der Waals surface area (Å²) in [5.41, 5.74) is 5.33. The van der Waals surface area contributed by atoms with Crippen LogP contribution in [0.25, 0.3) is 16.9 Å². The molecule has 2 aromatic heterocycles. The lowest BCUT2D eigenvalue weighted by molar-refractivity contribution is 0.133. The van der Waals surface area contributed by atoms with Gasteiger partial charge in [0.25, 0.3) is 0 Å². The third-order valence-electron chi connectivity index (χ3n) is 5.64. The van der Waals surface area contributed by atoms with Crippen LogP contribution in [0.2, 0.25) is 0 Å². The fourth-order valence-electron chi connectivity index (χ4n) is 4.13. The Hall–Kier alpha value is -2.93. The molecule has 0 radical (unpaired) electrons. The van der Waals surface area contributed by atoms with Crippen molar-refractivity contribution in [2.45, 2.75) is 34.2 Å². The first-order valence-corrected chi connectivity index (χ1v) is 11.1. The number of benzene rings is 1. The van der Waals surface area contributed by atoms with Crippen LogP contribution in [-0.2, 0) is 6.54 Å². The standard InChI is InChI=1S/C24H32N6O/c1-17(2)15-26-24(31)29-10-8-28(9-11-29)16-22-27-21-6-5-7-25-23(21)30(22)20-13-18(3)12-19(4)14-20/h5-7,12-14,17H,8-11,15-16H2,1-4H3,(H,26,31). The molecule has 2 amide bonds. The quantitative estimate of drug-likeness (QED) is 0.686. The topological polar surface area (TPSA) is 66.3 Å². The lowest BCUT2D eigenvalue weighted by atomic mass is 10.1. The number of urea groups is 1. The highest BCUT2D eigenvalue weighted by atomic mass is 16.2. The number of pyridine rings is 1. The number of hydrogen-bond acceptors (Lipinski definition) is 4. The van der Waals surface area contributed by atoms with E-state index in [1.54, 1.807) is 0 Å². The van der Waals surface area contributed by atoms with E-state index in [0.717, 1.165) is 55.4 Å². The third kappa shape index (κ3) is 4.88. The summed E-state index contributed by atoms with van der Waals surface area (Å²) in [5, 5.41) is 3.02. The Balaban J connectivity index is 1.53. The number of piperazine rings is 1. The molecule has 3 aromatic rings. The Bertz CT molecular complexity index is 1040. The maximum atomic E-state index is 12.4. The van der Waals surface area contributed by atoms with Gasteiger partial charge in [-0.3, -0.25) is 9.47 Å². The van der Waals surface area contributed by atoms with Crippen molar-refractivity contribution in [1.29, 1.82) is 0 Å². The summed E-state index contributed by atoms with van der Waals surface area (Å²) < 4.78 is 2.18. The minimum absolute atomic E-state index is 0.0417. The lowest BCUT2D eigenvalue weighted by Crippen LogP contribution is -2.52. The monoisotopic (exact) mass is 420 g/mol. The van der Waals surface area contributed by atoms with Gasteiger partial charge in [0.2, 0.25) is 0 Å². The highest BCUT2D eigenvalue weighted by Gasteiger charge is 2.23. The van der Waals surface area contributed by atoms with Crippen LogP contribution in [-0.4, -0.2) is 63.1 Å². The van der Waals surface area contributed by atoms with E-state index >= 15 is 0 Å². The second kappa shape index (κ2) is 9.06. The molecule has 31 heavy (non-hydrogen) atoms. The summed E-state index contributed by atoms with van der Waals surface area (Å²) in [4.78, 5) is 26.2. The van der Waals surface area contributed by atoms with Gasteiger partial charge >= 0.3 is 6.03 Å². The zero-order chi connectivity index (χ0) is 22.0. The van der Waals surface area contributed by atoms with Crippen LogP contribution in [0.1, 0.15) is 30.8 Å². The van der Waals surface area contributed by atoms with Gasteiger partial charge in [-0.1, -0.05) is 19.9 Å². The Kier molecular flexibility index (Phi) is 6.23. The fraction of sp³-hybridized carbons (Fsp3) is 0.458. The Labute approximate surface area is 184 Å². The first-order chi connectivity index (χ1) is 14.9. The third-order valence-corrected chi connectivity index (χ3v) is 5.64. The number of nitrogens with zero attached hydrogens (tertiary/aromatic N) is 5. The van der Waals surface area contributed by atoms with E-state index in [-0.39, 0.29) is 6.03 Å². The number of amides is 2. The first kappa shape index (κ1) is 21.3. The average Bonchev–Trinajstić information content (AvgIpc) is 3.09. The van der Waals surface area contributed by atoms with Crippen molar-refractivity contribution in [3.63, 3.8) is 0 Å². The molecule has 0 atom stereocenters. The van der Waals surface area contributed by atoms with Crippen molar-refractivity contribution in [2.24, 2.45) is 5.92 Å². The van der Waals surface area contributed by atoms with Crippen LogP contribution in [0.3, 0.4) is 0 Å². The van der Waals surface area contributed by atoms with Crippen molar-refractivity contribution in [3.8, 4) is 5.69 Å². The number of fused-ring (bicyclic) bond motifs is 1. The normalized spacial score (nSPS) is 15.1. The highest BCUT2D eigenvalue weighted by molar-refractivity contribution is 5.74. The predicted octanol–water partition coefficient (Wildman–Crippen LogP) is 3.52. The molecule has 0 bridgehead atoms. The van der Waals surface area contributed by atoms with Crippen molar-refractivity contribution in [2.75, 3.05) is 32.7 Å². The number of aryl methyl sites for hydroxylation is 2. The molecule has 4 rings (SSSR count). The van der Waals surface area contributed by atoms with Gasteiger partial charge in [-0.25, -0.2) is 14.8 Å². The zero-order valence-electron chi connectivity index (χ0n) is 18.9.